The number of carbonyl (C=O) groups is 1. The van der Waals surface area contributed by atoms with Crippen LogP contribution in [-0.4, -0.2) is 18.4 Å². The topological polar surface area (TPSA) is 29.1 Å². The van der Waals surface area contributed by atoms with Crippen LogP contribution in [0.4, 0.5) is 0 Å². The van der Waals surface area contributed by atoms with Gasteiger partial charge in [0, 0.05) is 18.5 Å². The first-order valence-corrected chi connectivity index (χ1v) is 3.94. The predicted molar refractivity (Wildman–Crippen MR) is 40.9 cm³/mol. The standard InChI is InChI=1S/C8H15NO/c1-6-3-4-8(5-9-6)7(2)10/h6,8-9H,3-5H2,1-2H3. The highest BCUT2D eigenvalue weighted by molar-refractivity contribution is 5.78. The maximum absolute atomic E-state index is 10.9. The largest absolute Gasteiger partial charge is 0.314 e. The predicted octanol–water partition coefficient (Wildman–Crippen LogP) is 0.964. The normalized spacial score (nSPS) is 33.8. The Bertz CT molecular complexity index is 125. The molecule has 1 heterocycles. The van der Waals surface area contributed by atoms with Crippen molar-refractivity contribution in [1.82, 2.24) is 5.32 Å². The van der Waals surface area contributed by atoms with Crippen molar-refractivity contribution >= 4 is 5.78 Å². The summed E-state index contributed by atoms with van der Waals surface area (Å²) in [7, 11) is 0. The molecule has 2 nitrogen and oxygen atoms in total. The number of nitrogens with one attached hydrogen (secondary N) is 1. The van der Waals surface area contributed by atoms with E-state index < -0.39 is 0 Å². The Hall–Kier alpha value is -0.370. The molecule has 0 bridgehead atoms. The lowest BCUT2D eigenvalue weighted by Crippen LogP contribution is -2.39. The molecule has 0 spiro atoms. The number of carbonyl (C=O) groups excluding carboxylic acids is 1. The molecule has 2 heteroatoms. The fraction of sp³-hybridized carbons (Fsp3) is 0.875. The average Bonchev–Trinajstić information content (AvgIpc) is 1.88. The lowest BCUT2D eigenvalue weighted by atomic mass is 9.93. The van der Waals surface area contributed by atoms with Crippen LogP contribution in [0.1, 0.15) is 26.7 Å². The van der Waals surface area contributed by atoms with Crippen molar-refractivity contribution in [3.8, 4) is 0 Å². The lowest BCUT2D eigenvalue weighted by Gasteiger charge is -2.25. The second kappa shape index (κ2) is 3.15. The lowest BCUT2D eigenvalue weighted by molar-refractivity contribution is -0.121. The van der Waals surface area contributed by atoms with Crippen molar-refractivity contribution in [2.24, 2.45) is 5.92 Å². The fourth-order valence-corrected chi connectivity index (χ4v) is 1.35. The van der Waals surface area contributed by atoms with Gasteiger partial charge in [-0.25, -0.2) is 0 Å². The van der Waals surface area contributed by atoms with Gasteiger partial charge in [0.25, 0.3) is 0 Å². The van der Waals surface area contributed by atoms with E-state index in [1.54, 1.807) is 6.92 Å². The van der Waals surface area contributed by atoms with Gasteiger partial charge in [-0.05, 0) is 26.7 Å². The van der Waals surface area contributed by atoms with Crippen molar-refractivity contribution in [2.45, 2.75) is 32.7 Å². The molecular formula is C8H15NO. The summed E-state index contributed by atoms with van der Waals surface area (Å²) in [5.74, 6) is 0.621. The van der Waals surface area contributed by atoms with Gasteiger partial charge in [-0.2, -0.15) is 0 Å². The highest BCUT2D eigenvalue weighted by Crippen LogP contribution is 2.14. The molecule has 0 aromatic rings. The number of hydrogen-bond acceptors (Lipinski definition) is 2. The van der Waals surface area contributed by atoms with Crippen molar-refractivity contribution in [3.05, 3.63) is 0 Å². The Morgan fingerprint density at radius 3 is 2.60 bits per heavy atom. The molecule has 1 fully saturated rings. The van der Waals surface area contributed by atoms with E-state index in [-0.39, 0.29) is 5.92 Å². The van der Waals surface area contributed by atoms with Gasteiger partial charge in [0.1, 0.15) is 5.78 Å². The second-order valence-corrected chi connectivity index (χ2v) is 3.19. The van der Waals surface area contributed by atoms with Crippen LogP contribution in [-0.2, 0) is 4.79 Å². The summed E-state index contributed by atoms with van der Waals surface area (Å²) < 4.78 is 0. The summed E-state index contributed by atoms with van der Waals surface area (Å²) in [5.41, 5.74) is 0. The van der Waals surface area contributed by atoms with Crippen LogP contribution in [0.25, 0.3) is 0 Å². The van der Waals surface area contributed by atoms with Crippen LogP contribution in [0.15, 0.2) is 0 Å². The van der Waals surface area contributed by atoms with Gasteiger partial charge in [-0.15, -0.1) is 0 Å². The number of ketones is 1. The third kappa shape index (κ3) is 1.81. The minimum atomic E-state index is 0.288. The van der Waals surface area contributed by atoms with Crippen LogP contribution in [0.2, 0.25) is 0 Å². The maximum Gasteiger partial charge on any atom is 0.134 e. The SMILES string of the molecule is CC(=O)C1CCC(C)NC1. The molecule has 0 aromatic carbocycles. The monoisotopic (exact) mass is 141 g/mol. The molecule has 0 aromatic heterocycles. The molecule has 1 aliphatic rings. The van der Waals surface area contributed by atoms with Crippen LogP contribution in [0.5, 0.6) is 0 Å². The minimum Gasteiger partial charge on any atom is -0.314 e. The number of rotatable bonds is 1. The molecule has 1 N–H and O–H groups in total. The summed E-state index contributed by atoms with van der Waals surface area (Å²) in [5, 5.41) is 3.29. The summed E-state index contributed by atoms with van der Waals surface area (Å²) >= 11 is 0. The maximum atomic E-state index is 10.9. The van der Waals surface area contributed by atoms with E-state index in [1.165, 1.54) is 0 Å². The highest BCUT2D eigenvalue weighted by Gasteiger charge is 2.20. The zero-order valence-electron chi connectivity index (χ0n) is 6.68. The van der Waals surface area contributed by atoms with E-state index in [2.05, 4.69) is 12.2 Å². The molecule has 0 saturated carbocycles. The van der Waals surface area contributed by atoms with E-state index in [0.717, 1.165) is 19.4 Å². The molecular weight excluding hydrogens is 126 g/mol. The van der Waals surface area contributed by atoms with Crippen molar-refractivity contribution < 1.29 is 4.79 Å². The summed E-state index contributed by atoms with van der Waals surface area (Å²) in [4.78, 5) is 10.9. The van der Waals surface area contributed by atoms with E-state index >= 15 is 0 Å². The molecule has 2 unspecified atom stereocenters. The van der Waals surface area contributed by atoms with Crippen LogP contribution in [0, 0.1) is 5.92 Å². The third-order valence-electron chi connectivity index (χ3n) is 2.24. The van der Waals surface area contributed by atoms with Crippen LogP contribution >= 0.6 is 0 Å². The summed E-state index contributed by atoms with van der Waals surface area (Å²) in [6.45, 7) is 4.73. The molecule has 10 heavy (non-hydrogen) atoms. The highest BCUT2D eigenvalue weighted by atomic mass is 16.1. The Morgan fingerprint density at radius 2 is 2.20 bits per heavy atom. The van der Waals surface area contributed by atoms with Crippen LogP contribution < -0.4 is 5.32 Å². The molecule has 58 valence electrons. The van der Waals surface area contributed by atoms with Gasteiger partial charge in [0.05, 0.1) is 0 Å². The van der Waals surface area contributed by atoms with E-state index in [0.29, 0.717) is 11.8 Å². The molecule has 0 amide bonds. The van der Waals surface area contributed by atoms with E-state index in [9.17, 15) is 4.79 Å². The molecule has 0 aliphatic carbocycles. The summed E-state index contributed by atoms with van der Waals surface area (Å²) in [6, 6.07) is 0.607. The van der Waals surface area contributed by atoms with Gasteiger partial charge >= 0.3 is 0 Å². The van der Waals surface area contributed by atoms with Crippen molar-refractivity contribution in [3.63, 3.8) is 0 Å². The van der Waals surface area contributed by atoms with Crippen LogP contribution in [0.3, 0.4) is 0 Å². The smallest absolute Gasteiger partial charge is 0.134 e. The Labute approximate surface area is 62.0 Å². The quantitative estimate of drug-likeness (QED) is 0.589. The minimum absolute atomic E-state index is 0.288. The Kier molecular flexibility index (Phi) is 2.44. The van der Waals surface area contributed by atoms with Gasteiger partial charge in [-0.3, -0.25) is 4.79 Å². The number of hydrogen-bond donors (Lipinski definition) is 1. The first kappa shape index (κ1) is 7.73. The third-order valence-corrected chi connectivity index (χ3v) is 2.24. The molecule has 1 aliphatic heterocycles. The van der Waals surface area contributed by atoms with Gasteiger partial charge in [0.15, 0.2) is 0 Å². The molecule has 1 rings (SSSR count). The Morgan fingerprint density at radius 1 is 1.50 bits per heavy atom. The average molecular weight is 141 g/mol. The number of piperidine rings is 1. The summed E-state index contributed by atoms with van der Waals surface area (Å²) in [6.07, 6.45) is 2.22. The van der Waals surface area contributed by atoms with E-state index in [4.69, 9.17) is 0 Å². The van der Waals surface area contributed by atoms with Crippen molar-refractivity contribution in [2.75, 3.05) is 6.54 Å². The number of Topliss-reactive ketones (excluding diaryl/α,β-unsaturated/α-hetero) is 1. The van der Waals surface area contributed by atoms with Crippen molar-refractivity contribution in [1.29, 1.82) is 0 Å². The zero-order chi connectivity index (χ0) is 7.56. The fourth-order valence-electron chi connectivity index (χ4n) is 1.35. The van der Waals surface area contributed by atoms with E-state index in [1.807, 2.05) is 0 Å². The first-order valence-electron chi connectivity index (χ1n) is 3.94. The molecule has 2 atom stereocenters. The van der Waals surface area contributed by atoms with Gasteiger partial charge in [-0.1, -0.05) is 0 Å². The first-order chi connectivity index (χ1) is 4.70. The van der Waals surface area contributed by atoms with Gasteiger partial charge < -0.3 is 5.32 Å². The molecule has 0 radical (unpaired) electrons. The molecule has 1 saturated heterocycles. The van der Waals surface area contributed by atoms with Gasteiger partial charge in [0.2, 0.25) is 0 Å². The zero-order valence-corrected chi connectivity index (χ0v) is 6.68. The second-order valence-electron chi connectivity index (χ2n) is 3.19. The Balaban J connectivity index is 2.33.